The first-order chi connectivity index (χ1) is 23.5. The van der Waals surface area contributed by atoms with Gasteiger partial charge >= 0.3 is 35.8 Å². The number of carbonyl (C=O) groups is 6. The molecule has 0 radical (unpaired) electrons. The van der Waals surface area contributed by atoms with Gasteiger partial charge in [-0.2, -0.15) is 0 Å². The lowest BCUT2D eigenvalue weighted by atomic mass is 9.71. The van der Waals surface area contributed by atoms with Crippen molar-refractivity contribution in [3.8, 4) is 0 Å². The van der Waals surface area contributed by atoms with E-state index in [-0.39, 0.29) is 11.1 Å². The molecule has 280 valence electrons. The van der Waals surface area contributed by atoms with Crippen molar-refractivity contribution in [2.75, 3.05) is 0 Å². The first-order valence-corrected chi connectivity index (χ1v) is 16.5. The minimum absolute atomic E-state index is 0.0848. The number of carbonyl (C=O) groups excluding carboxylic acids is 6. The Labute approximate surface area is 297 Å². The molecule has 0 saturated heterocycles. The molecule has 51 heavy (non-hydrogen) atoms. The smallest absolute Gasteiger partial charge is 0.338 e. The van der Waals surface area contributed by atoms with Crippen LogP contribution in [0.3, 0.4) is 0 Å². The zero-order valence-corrected chi connectivity index (χ0v) is 30.4. The van der Waals surface area contributed by atoms with Gasteiger partial charge in [0.25, 0.3) is 0 Å². The molecule has 10 atom stereocenters. The molecule has 14 heteroatoms. The third kappa shape index (κ3) is 9.22. The number of rotatable bonds is 7. The van der Waals surface area contributed by atoms with Crippen LogP contribution >= 0.6 is 0 Å². The van der Waals surface area contributed by atoms with Crippen LogP contribution in [0.5, 0.6) is 0 Å². The van der Waals surface area contributed by atoms with Crippen LogP contribution in [0.25, 0.3) is 0 Å². The van der Waals surface area contributed by atoms with Gasteiger partial charge in [0.05, 0.1) is 11.5 Å². The lowest BCUT2D eigenvalue weighted by Crippen LogP contribution is -2.59. The highest BCUT2D eigenvalue weighted by molar-refractivity contribution is 5.89. The summed E-state index contributed by atoms with van der Waals surface area (Å²) in [5.41, 5.74) is -5.68. The number of hydrogen-bond donors (Lipinski definition) is 2. The summed E-state index contributed by atoms with van der Waals surface area (Å²) >= 11 is 0. The van der Waals surface area contributed by atoms with E-state index in [0.29, 0.717) is 0 Å². The molecule has 0 amide bonds. The highest BCUT2D eigenvalue weighted by Crippen LogP contribution is 2.54. The molecule has 14 nitrogen and oxygen atoms in total. The predicted molar refractivity (Wildman–Crippen MR) is 178 cm³/mol. The molecule has 0 spiro atoms. The van der Waals surface area contributed by atoms with Crippen LogP contribution in [0.2, 0.25) is 0 Å². The Hall–Kier alpha value is -4.56. The molecular weight excluding hydrogens is 668 g/mol. The van der Waals surface area contributed by atoms with Gasteiger partial charge in [-0.15, -0.1) is 0 Å². The summed E-state index contributed by atoms with van der Waals surface area (Å²) in [7, 11) is 0. The van der Waals surface area contributed by atoms with Crippen molar-refractivity contribution in [3.63, 3.8) is 0 Å². The molecular formula is C37H48O14. The Morgan fingerprint density at radius 3 is 1.75 bits per heavy atom. The van der Waals surface area contributed by atoms with Crippen molar-refractivity contribution in [1.29, 1.82) is 0 Å². The van der Waals surface area contributed by atoms with Gasteiger partial charge < -0.3 is 38.6 Å². The van der Waals surface area contributed by atoms with E-state index >= 15 is 0 Å². The maximum atomic E-state index is 13.7. The molecule has 1 saturated carbocycles. The van der Waals surface area contributed by atoms with Crippen LogP contribution in [-0.4, -0.2) is 93.9 Å². The number of hydrogen-bond acceptors (Lipinski definition) is 14. The van der Waals surface area contributed by atoms with Crippen molar-refractivity contribution in [3.05, 3.63) is 60.2 Å². The molecule has 1 aromatic rings. The lowest BCUT2D eigenvalue weighted by Gasteiger charge is -2.45. The fourth-order valence-electron chi connectivity index (χ4n) is 7.21. The molecule has 3 rings (SSSR count). The molecule has 1 fully saturated rings. The number of fused-ring (bicyclic) bond motifs is 1. The van der Waals surface area contributed by atoms with Gasteiger partial charge in [0.1, 0.15) is 35.6 Å². The molecule has 0 bridgehead atoms. The van der Waals surface area contributed by atoms with Crippen LogP contribution in [-0.2, 0) is 52.4 Å². The average molecular weight is 717 g/mol. The molecule has 2 aliphatic rings. The molecule has 2 aliphatic carbocycles. The van der Waals surface area contributed by atoms with E-state index in [9.17, 15) is 39.0 Å². The van der Waals surface area contributed by atoms with E-state index in [1.807, 2.05) is 0 Å². The SMILES string of the molecule is C=C1[C@@H](OC(C)=O)[C@H](O)[C@H](OC(C)=O)C(C)(C)/C=C/[C@@H](C)[C@@H](OC(C)=O)[C@]2(O)C[C@](C)(OC(C)=O)[C@@H](OC(=O)c3ccccc3)[C@H]2[C@@H]1OC(C)=O. The Morgan fingerprint density at radius 1 is 0.725 bits per heavy atom. The summed E-state index contributed by atoms with van der Waals surface area (Å²) in [5.74, 6) is -7.72. The van der Waals surface area contributed by atoms with Crippen molar-refractivity contribution >= 4 is 35.8 Å². The van der Waals surface area contributed by atoms with Gasteiger partial charge in [0.15, 0.2) is 12.2 Å². The van der Waals surface area contributed by atoms with E-state index in [0.717, 1.165) is 34.6 Å². The van der Waals surface area contributed by atoms with Gasteiger partial charge in [-0.1, -0.05) is 57.7 Å². The third-order valence-electron chi connectivity index (χ3n) is 9.14. The largest absolute Gasteiger partial charge is 0.459 e. The fourth-order valence-corrected chi connectivity index (χ4v) is 7.21. The van der Waals surface area contributed by atoms with E-state index in [1.165, 1.54) is 19.1 Å². The second-order valence-electron chi connectivity index (χ2n) is 14.0. The predicted octanol–water partition coefficient (Wildman–Crippen LogP) is 3.16. The van der Waals surface area contributed by atoms with E-state index in [2.05, 4.69) is 6.58 Å². The highest BCUT2D eigenvalue weighted by Gasteiger charge is 2.70. The van der Waals surface area contributed by atoms with E-state index < -0.39 is 107 Å². The van der Waals surface area contributed by atoms with Crippen molar-refractivity contribution in [2.45, 2.75) is 117 Å². The summed E-state index contributed by atoms with van der Waals surface area (Å²) in [5, 5.41) is 25.0. The summed E-state index contributed by atoms with van der Waals surface area (Å²) in [6, 6.07) is 7.78. The maximum Gasteiger partial charge on any atom is 0.338 e. The number of benzene rings is 1. The van der Waals surface area contributed by atoms with Gasteiger partial charge in [0, 0.05) is 57.9 Å². The molecule has 2 N–H and O–H groups in total. The summed E-state index contributed by atoms with van der Waals surface area (Å²) < 4.78 is 34.6. The Morgan fingerprint density at radius 2 is 1.24 bits per heavy atom. The van der Waals surface area contributed by atoms with Gasteiger partial charge in [-0.25, -0.2) is 4.79 Å². The first kappa shape index (κ1) is 40.9. The number of aliphatic hydroxyl groups is 2. The molecule has 0 heterocycles. The zero-order valence-electron chi connectivity index (χ0n) is 30.4. The average Bonchev–Trinajstić information content (AvgIpc) is 3.22. The highest BCUT2D eigenvalue weighted by atomic mass is 16.6. The van der Waals surface area contributed by atoms with Crippen molar-refractivity contribution in [2.24, 2.45) is 17.3 Å². The topological polar surface area (TPSA) is 198 Å². The van der Waals surface area contributed by atoms with Crippen molar-refractivity contribution < 1.29 is 67.4 Å². The number of esters is 6. The summed E-state index contributed by atoms with van der Waals surface area (Å²) in [4.78, 5) is 76.9. The normalized spacial score (nSPS) is 33.9. The van der Waals surface area contributed by atoms with Gasteiger partial charge in [-0.3, -0.25) is 24.0 Å². The first-order valence-electron chi connectivity index (χ1n) is 16.5. The second kappa shape index (κ2) is 15.8. The Balaban J connectivity index is 2.49. The molecule has 0 unspecified atom stereocenters. The Kier molecular flexibility index (Phi) is 12.6. The quantitative estimate of drug-likeness (QED) is 0.237. The lowest BCUT2D eigenvalue weighted by molar-refractivity contribution is -0.194. The molecule has 1 aromatic carbocycles. The fraction of sp³-hybridized carbons (Fsp3) is 0.568. The zero-order chi connectivity index (χ0) is 38.6. The minimum atomic E-state index is -2.35. The van der Waals surface area contributed by atoms with E-state index in [1.54, 1.807) is 51.1 Å². The molecule has 0 aromatic heterocycles. The van der Waals surface area contributed by atoms with Gasteiger partial charge in [-0.05, 0) is 19.1 Å². The van der Waals surface area contributed by atoms with E-state index in [4.69, 9.17) is 28.4 Å². The van der Waals surface area contributed by atoms with Crippen LogP contribution in [0.1, 0.15) is 79.1 Å². The number of ether oxygens (including phenoxy) is 6. The standard InChI is InChI=1S/C37H48O14/c1-19-16-17-35(8,9)33(49-24(6)41)28(43)30(47-22(4)39)20(2)29(46-21(3)38)27-32(50-34(44)26-14-12-11-13-15-26)36(10,51-25(7)42)18-37(27,45)31(19)48-23(5)40/h11-17,19,27-33,43,45H,2,18H2,1,3-10H3/b17-16+/t19-,27-,28+,29-,30-,31-,32+,33+,36+,37+/m1/s1. The summed E-state index contributed by atoms with van der Waals surface area (Å²) in [6.45, 7) is 15.8. The minimum Gasteiger partial charge on any atom is -0.459 e. The third-order valence-corrected chi connectivity index (χ3v) is 9.14. The van der Waals surface area contributed by atoms with Crippen LogP contribution in [0.15, 0.2) is 54.6 Å². The van der Waals surface area contributed by atoms with Crippen LogP contribution < -0.4 is 0 Å². The monoisotopic (exact) mass is 716 g/mol. The van der Waals surface area contributed by atoms with Gasteiger partial charge in [0.2, 0.25) is 0 Å². The van der Waals surface area contributed by atoms with Crippen LogP contribution in [0.4, 0.5) is 0 Å². The maximum absolute atomic E-state index is 13.7. The molecule has 0 aliphatic heterocycles. The Bertz CT molecular complexity index is 1550. The number of aliphatic hydroxyl groups excluding tert-OH is 1. The van der Waals surface area contributed by atoms with Crippen LogP contribution in [0, 0.1) is 17.3 Å². The summed E-state index contributed by atoms with van der Waals surface area (Å²) in [6.07, 6.45) is -7.38. The second-order valence-corrected chi connectivity index (χ2v) is 14.0. The van der Waals surface area contributed by atoms with Crippen molar-refractivity contribution in [1.82, 2.24) is 0 Å².